The highest BCUT2D eigenvalue weighted by molar-refractivity contribution is 8.01. The Hall–Kier alpha value is -2.85. The molecule has 2 N–H and O–H groups in total. The van der Waals surface area contributed by atoms with Gasteiger partial charge in [-0.15, -0.1) is 0 Å². The van der Waals surface area contributed by atoms with Crippen LogP contribution in [-0.2, 0) is 26.9 Å². The fourth-order valence-corrected chi connectivity index (χ4v) is 7.45. The number of aromatic nitrogens is 4. The molecule has 212 valence electrons. The van der Waals surface area contributed by atoms with E-state index in [2.05, 4.69) is 20.4 Å². The molecular weight excluding hydrogens is 621 g/mol. The number of nitrogens with one attached hydrogen (secondary N) is 1. The Morgan fingerprint density at radius 2 is 2.10 bits per heavy atom. The first-order valence-electron chi connectivity index (χ1n) is 11.8. The minimum atomic E-state index is -3.65. The number of halogens is 2. The molecule has 0 spiro atoms. The van der Waals surface area contributed by atoms with Gasteiger partial charge in [0.1, 0.15) is 23.7 Å². The first kappa shape index (κ1) is 30.1. The number of aryl methyl sites for hydroxylation is 1. The van der Waals surface area contributed by atoms with E-state index in [4.69, 9.17) is 33.7 Å². The second-order valence-corrected chi connectivity index (χ2v) is 13.9. The highest BCUT2D eigenvalue weighted by Crippen LogP contribution is 2.32. The summed E-state index contributed by atoms with van der Waals surface area (Å²) in [6.45, 7) is 2.17. The summed E-state index contributed by atoms with van der Waals surface area (Å²) in [6, 6.07) is 7.48. The fraction of sp³-hybridized carbons (Fsp3) is 0.292. The number of benzene rings is 2. The molecule has 0 atom stereocenters. The van der Waals surface area contributed by atoms with E-state index in [1.54, 1.807) is 19.1 Å². The van der Waals surface area contributed by atoms with E-state index < -0.39 is 21.6 Å². The highest BCUT2D eigenvalue weighted by atomic mass is 35.5. The van der Waals surface area contributed by atoms with Crippen molar-refractivity contribution in [1.82, 2.24) is 19.7 Å². The van der Waals surface area contributed by atoms with Gasteiger partial charge >= 0.3 is 5.97 Å². The second kappa shape index (κ2) is 13.2. The number of carboxylic acids is 1. The molecule has 16 heteroatoms. The molecule has 2 heterocycles. The molecule has 10 nitrogen and oxygen atoms in total. The van der Waals surface area contributed by atoms with Crippen molar-refractivity contribution in [1.29, 1.82) is 0 Å². The van der Waals surface area contributed by atoms with Gasteiger partial charge in [0.15, 0.2) is 18.1 Å². The van der Waals surface area contributed by atoms with Gasteiger partial charge in [-0.05, 0) is 43.4 Å². The van der Waals surface area contributed by atoms with E-state index in [1.165, 1.54) is 52.3 Å². The number of carbonyl (C=O) groups is 1. The van der Waals surface area contributed by atoms with Crippen LogP contribution >= 0.6 is 46.9 Å². The Morgan fingerprint density at radius 1 is 1.30 bits per heavy atom. The molecule has 0 aliphatic rings. The quantitative estimate of drug-likeness (QED) is 0.136. The number of ether oxygens (including phenoxy) is 1. The zero-order chi connectivity index (χ0) is 28.9. The molecule has 0 unspecified atom stereocenters. The van der Waals surface area contributed by atoms with E-state index in [-0.39, 0.29) is 29.5 Å². The molecule has 0 saturated carbocycles. The lowest BCUT2D eigenvalue weighted by molar-refractivity contribution is -0.136. The number of hydrogen-bond acceptors (Lipinski definition) is 11. The zero-order valence-corrected chi connectivity index (χ0v) is 25.0. The Kier molecular flexibility index (Phi) is 9.94. The number of fused-ring (bicyclic) bond motifs is 1. The number of rotatable bonds is 13. The second-order valence-electron chi connectivity index (χ2n) is 8.33. The summed E-state index contributed by atoms with van der Waals surface area (Å²) in [6.07, 6.45) is 1.34. The molecular formula is C24H23ClFN5O5S4. The maximum absolute atomic E-state index is 13.6. The van der Waals surface area contributed by atoms with Crippen LogP contribution in [0.15, 0.2) is 41.0 Å². The van der Waals surface area contributed by atoms with Crippen LogP contribution in [0.25, 0.3) is 10.9 Å². The van der Waals surface area contributed by atoms with Crippen LogP contribution in [0.4, 0.5) is 15.9 Å². The smallest absolute Gasteiger partial charge is 0.304 e. The predicted octanol–water partition coefficient (Wildman–Crippen LogP) is 5.73. The van der Waals surface area contributed by atoms with Crippen molar-refractivity contribution in [2.75, 3.05) is 23.4 Å². The van der Waals surface area contributed by atoms with Crippen molar-refractivity contribution >= 4 is 85.1 Å². The van der Waals surface area contributed by atoms with Crippen LogP contribution in [0.1, 0.15) is 18.9 Å². The van der Waals surface area contributed by atoms with Crippen molar-refractivity contribution in [3.05, 3.63) is 57.0 Å². The largest absolute Gasteiger partial charge is 0.493 e. The predicted molar refractivity (Wildman–Crippen MR) is 157 cm³/mol. The molecule has 2 aromatic heterocycles. The van der Waals surface area contributed by atoms with Gasteiger partial charge in [0, 0.05) is 28.5 Å². The molecule has 0 radical (unpaired) electrons. The van der Waals surface area contributed by atoms with Gasteiger partial charge in [-0.1, -0.05) is 34.7 Å². The molecule has 0 saturated heterocycles. The SMILES string of the molecule is CCOc1cc2ncnc(Nc3ccc(F)c(Cl)c3)c2cc1CS(=O)(=O)CCn1nc(SCCC(=O)O)sc1=S. The van der Waals surface area contributed by atoms with Crippen LogP contribution in [0.2, 0.25) is 5.02 Å². The summed E-state index contributed by atoms with van der Waals surface area (Å²) in [7, 11) is -3.65. The monoisotopic (exact) mass is 643 g/mol. The molecule has 0 fully saturated rings. The zero-order valence-electron chi connectivity index (χ0n) is 21.0. The van der Waals surface area contributed by atoms with Gasteiger partial charge in [-0.2, -0.15) is 5.10 Å². The summed E-state index contributed by atoms with van der Waals surface area (Å²) < 4.78 is 48.1. The van der Waals surface area contributed by atoms with Crippen LogP contribution in [0.5, 0.6) is 5.75 Å². The molecule has 0 bridgehead atoms. The standard InChI is InChI=1S/C24H23ClFN5O5S4/c1-2-36-20-11-19-16(22(28-13-27-19)29-15-3-4-18(26)17(25)10-15)9-14(20)12-40(34,35)8-6-31-24(37)39-23(30-31)38-7-5-21(32)33/h3-4,9-11,13H,2,5-8,12H2,1H3,(H,32,33)(H,27,28,29). The van der Waals surface area contributed by atoms with Gasteiger partial charge in [0.25, 0.3) is 0 Å². The number of nitrogens with zero attached hydrogens (tertiary/aromatic N) is 4. The molecule has 2 aromatic carbocycles. The molecule has 4 rings (SSSR count). The van der Waals surface area contributed by atoms with E-state index in [0.717, 1.165) is 0 Å². The van der Waals surface area contributed by atoms with Gasteiger partial charge < -0.3 is 15.2 Å². The van der Waals surface area contributed by atoms with Gasteiger partial charge in [0.05, 0.1) is 41.6 Å². The number of anilines is 2. The maximum Gasteiger partial charge on any atom is 0.304 e. The fourth-order valence-electron chi connectivity index (χ4n) is 3.59. The molecule has 4 aromatic rings. The van der Waals surface area contributed by atoms with E-state index >= 15 is 0 Å². The number of carboxylic acid groups (broad SMARTS) is 1. The average Bonchev–Trinajstić information content (AvgIpc) is 3.24. The lowest BCUT2D eigenvalue weighted by Gasteiger charge is -2.14. The van der Waals surface area contributed by atoms with Crippen LogP contribution in [0, 0.1) is 9.77 Å². The molecule has 0 amide bonds. The summed E-state index contributed by atoms with van der Waals surface area (Å²) in [5, 5.41) is 16.7. The number of hydrogen-bond donors (Lipinski definition) is 2. The minimum absolute atomic E-state index is 0.0147. The van der Waals surface area contributed by atoms with Crippen LogP contribution in [0.3, 0.4) is 0 Å². The van der Waals surface area contributed by atoms with Crippen molar-refractivity contribution in [2.24, 2.45) is 0 Å². The third-order valence-electron chi connectivity index (χ3n) is 5.42. The number of sulfone groups is 1. The van der Waals surface area contributed by atoms with Crippen molar-refractivity contribution < 1.29 is 27.4 Å². The Balaban J connectivity index is 1.56. The topological polar surface area (TPSA) is 136 Å². The number of aliphatic carboxylic acids is 1. The minimum Gasteiger partial charge on any atom is -0.493 e. The Labute approximate surface area is 247 Å². The van der Waals surface area contributed by atoms with Crippen molar-refractivity contribution in [2.45, 2.75) is 30.0 Å². The average molecular weight is 644 g/mol. The summed E-state index contributed by atoms with van der Waals surface area (Å²) in [5.41, 5.74) is 1.45. The van der Waals surface area contributed by atoms with Gasteiger partial charge in [0.2, 0.25) is 0 Å². The van der Waals surface area contributed by atoms with E-state index in [9.17, 15) is 17.6 Å². The lowest BCUT2D eigenvalue weighted by Crippen LogP contribution is -2.16. The normalized spacial score (nSPS) is 11.6. The number of thioether (sulfide) groups is 1. The first-order valence-corrected chi connectivity index (χ1v) is 16.2. The van der Waals surface area contributed by atoms with E-state index in [0.29, 0.717) is 54.4 Å². The summed E-state index contributed by atoms with van der Waals surface area (Å²) in [4.78, 5) is 19.3. The third kappa shape index (κ3) is 7.87. The first-order chi connectivity index (χ1) is 19.0. The Morgan fingerprint density at radius 3 is 2.83 bits per heavy atom. The highest BCUT2D eigenvalue weighted by Gasteiger charge is 2.19. The van der Waals surface area contributed by atoms with Gasteiger partial charge in [-0.25, -0.2) is 27.5 Å². The molecule has 40 heavy (non-hydrogen) atoms. The summed E-state index contributed by atoms with van der Waals surface area (Å²) >= 11 is 13.7. The maximum atomic E-state index is 13.6. The molecule has 0 aliphatic heterocycles. The van der Waals surface area contributed by atoms with E-state index in [1.807, 2.05) is 0 Å². The van der Waals surface area contributed by atoms with Crippen LogP contribution < -0.4 is 10.1 Å². The Bertz CT molecular complexity index is 1710. The molecule has 0 aliphatic carbocycles. The van der Waals surface area contributed by atoms with Gasteiger partial charge in [-0.3, -0.25) is 4.79 Å². The van der Waals surface area contributed by atoms with Crippen molar-refractivity contribution in [3.8, 4) is 5.75 Å². The third-order valence-corrected chi connectivity index (χ3v) is 9.71. The summed E-state index contributed by atoms with van der Waals surface area (Å²) in [5.74, 6) is -0.888. The van der Waals surface area contributed by atoms with Crippen LogP contribution in [-0.4, -0.2) is 57.4 Å². The van der Waals surface area contributed by atoms with Crippen molar-refractivity contribution in [3.63, 3.8) is 0 Å². The lowest BCUT2D eigenvalue weighted by atomic mass is 10.1.